The highest BCUT2D eigenvalue weighted by Gasteiger charge is 2.09. The number of halogens is 3. The topological polar surface area (TPSA) is 12.0 Å². The van der Waals surface area contributed by atoms with Crippen molar-refractivity contribution in [2.75, 3.05) is 0 Å². The van der Waals surface area contributed by atoms with E-state index in [1.54, 1.807) is 12.1 Å². The molecule has 0 aromatic heterocycles. The Hall–Kier alpha value is -0.900. The Kier molecular flexibility index (Phi) is 4.97. The van der Waals surface area contributed by atoms with Crippen molar-refractivity contribution in [1.29, 1.82) is 0 Å². The maximum Gasteiger partial charge on any atom is 0.129 e. The van der Waals surface area contributed by atoms with Crippen molar-refractivity contribution >= 4 is 27.5 Å². The van der Waals surface area contributed by atoms with Crippen LogP contribution in [0.5, 0.6) is 0 Å². The summed E-state index contributed by atoms with van der Waals surface area (Å²) in [6.45, 7) is 2.45. The number of nitrogens with one attached hydrogen (secondary N) is 1. The fourth-order valence-corrected chi connectivity index (χ4v) is 2.32. The van der Waals surface area contributed by atoms with Crippen LogP contribution in [0, 0.1) is 5.82 Å². The summed E-state index contributed by atoms with van der Waals surface area (Å²) < 4.78 is 14.7. The van der Waals surface area contributed by atoms with E-state index in [2.05, 4.69) is 21.2 Å². The van der Waals surface area contributed by atoms with Gasteiger partial charge < -0.3 is 5.32 Å². The van der Waals surface area contributed by atoms with Crippen LogP contribution in [0.15, 0.2) is 46.9 Å². The van der Waals surface area contributed by atoms with Crippen molar-refractivity contribution in [3.05, 3.63) is 68.9 Å². The average molecular weight is 343 g/mol. The molecule has 2 rings (SSSR count). The van der Waals surface area contributed by atoms with Gasteiger partial charge in [0.2, 0.25) is 0 Å². The average Bonchev–Trinajstić information content (AvgIpc) is 2.38. The summed E-state index contributed by atoms with van der Waals surface area (Å²) in [4.78, 5) is 0. The molecule has 0 aliphatic heterocycles. The molecule has 0 aliphatic rings. The van der Waals surface area contributed by atoms with Crippen molar-refractivity contribution in [3.8, 4) is 0 Å². The van der Waals surface area contributed by atoms with Gasteiger partial charge in [0.25, 0.3) is 0 Å². The lowest BCUT2D eigenvalue weighted by molar-refractivity contribution is 0.544. The Morgan fingerprint density at radius 1 is 1.21 bits per heavy atom. The van der Waals surface area contributed by atoms with Gasteiger partial charge in [-0.25, -0.2) is 4.39 Å². The molecular formula is C15H14BrClFN. The van der Waals surface area contributed by atoms with Crippen molar-refractivity contribution < 1.29 is 4.39 Å². The molecule has 2 aromatic rings. The molecule has 0 heterocycles. The zero-order valence-electron chi connectivity index (χ0n) is 10.5. The zero-order valence-corrected chi connectivity index (χ0v) is 12.8. The molecular weight excluding hydrogens is 329 g/mol. The first-order chi connectivity index (χ1) is 9.08. The van der Waals surface area contributed by atoms with Crippen LogP contribution in [0.3, 0.4) is 0 Å². The van der Waals surface area contributed by atoms with Crippen LogP contribution < -0.4 is 5.32 Å². The Morgan fingerprint density at radius 2 is 1.89 bits per heavy atom. The molecule has 4 heteroatoms. The van der Waals surface area contributed by atoms with Crippen molar-refractivity contribution in [3.63, 3.8) is 0 Å². The van der Waals surface area contributed by atoms with Crippen LogP contribution in [0.1, 0.15) is 24.1 Å². The Bertz CT molecular complexity index is 536. The van der Waals surface area contributed by atoms with E-state index in [1.165, 1.54) is 6.07 Å². The van der Waals surface area contributed by atoms with Gasteiger partial charge in [0.05, 0.1) is 0 Å². The van der Waals surface area contributed by atoms with Gasteiger partial charge in [0.15, 0.2) is 0 Å². The van der Waals surface area contributed by atoms with Gasteiger partial charge in [-0.15, -0.1) is 0 Å². The second-order valence-corrected chi connectivity index (χ2v) is 5.68. The highest BCUT2D eigenvalue weighted by molar-refractivity contribution is 9.10. The molecule has 0 fully saturated rings. The number of rotatable bonds is 4. The fourth-order valence-electron chi connectivity index (χ4n) is 1.83. The smallest absolute Gasteiger partial charge is 0.129 e. The largest absolute Gasteiger partial charge is 0.306 e. The van der Waals surface area contributed by atoms with Crippen LogP contribution in [-0.4, -0.2) is 0 Å². The summed E-state index contributed by atoms with van der Waals surface area (Å²) in [5.74, 6) is -0.275. The lowest BCUT2D eigenvalue weighted by Crippen LogP contribution is -2.19. The molecule has 0 amide bonds. The monoisotopic (exact) mass is 341 g/mol. The minimum Gasteiger partial charge on any atom is -0.306 e. The molecule has 0 radical (unpaired) electrons. The normalized spacial score (nSPS) is 12.4. The molecule has 19 heavy (non-hydrogen) atoms. The Morgan fingerprint density at radius 3 is 2.53 bits per heavy atom. The first-order valence-electron chi connectivity index (χ1n) is 5.99. The summed E-state index contributed by atoms with van der Waals surface area (Å²) >= 11 is 9.40. The third-order valence-electron chi connectivity index (χ3n) is 3.02. The summed E-state index contributed by atoms with van der Waals surface area (Å²) in [6.07, 6.45) is 0. The van der Waals surface area contributed by atoms with E-state index < -0.39 is 0 Å². The SMILES string of the molecule is C[C@H](NCc1c(F)cccc1Cl)c1ccc(Br)cc1. The lowest BCUT2D eigenvalue weighted by Gasteiger charge is -2.15. The first kappa shape index (κ1) is 14.5. The molecule has 0 spiro atoms. The summed E-state index contributed by atoms with van der Waals surface area (Å²) in [7, 11) is 0. The number of benzene rings is 2. The predicted molar refractivity (Wildman–Crippen MR) is 80.8 cm³/mol. The van der Waals surface area contributed by atoms with E-state index in [4.69, 9.17) is 11.6 Å². The predicted octanol–water partition coefficient (Wildman–Crippen LogP) is 5.09. The molecule has 1 N–H and O–H groups in total. The van der Waals surface area contributed by atoms with E-state index in [9.17, 15) is 4.39 Å². The molecule has 1 nitrogen and oxygen atoms in total. The van der Waals surface area contributed by atoms with Gasteiger partial charge >= 0.3 is 0 Å². The van der Waals surface area contributed by atoms with E-state index in [1.807, 2.05) is 31.2 Å². The summed E-state index contributed by atoms with van der Waals surface area (Å²) in [5.41, 5.74) is 1.66. The Balaban J connectivity index is 2.04. The lowest BCUT2D eigenvalue weighted by atomic mass is 10.1. The molecule has 0 saturated heterocycles. The van der Waals surface area contributed by atoms with Gasteiger partial charge in [-0.05, 0) is 36.8 Å². The fraction of sp³-hybridized carbons (Fsp3) is 0.200. The zero-order chi connectivity index (χ0) is 13.8. The van der Waals surface area contributed by atoms with Gasteiger partial charge in [0, 0.05) is 27.6 Å². The van der Waals surface area contributed by atoms with Gasteiger partial charge in [-0.1, -0.05) is 45.7 Å². The third kappa shape index (κ3) is 3.78. The van der Waals surface area contributed by atoms with Crippen LogP contribution in [0.4, 0.5) is 4.39 Å². The highest BCUT2D eigenvalue weighted by atomic mass is 79.9. The van der Waals surface area contributed by atoms with Crippen LogP contribution in [0.25, 0.3) is 0 Å². The van der Waals surface area contributed by atoms with Gasteiger partial charge in [-0.3, -0.25) is 0 Å². The quantitative estimate of drug-likeness (QED) is 0.816. The summed E-state index contributed by atoms with van der Waals surface area (Å²) in [6, 6.07) is 12.9. The molecule has 1 atom stereocenters. The molecule has 0 unspecified atom stereocenters. The van der Waals surface area contributed by atoms with Crippen molar-refractivity contribution in [1.82, 2.24) is 5.32 Å². The molecule has 0 saturated carbocycles. The van der Waals surface area contributed by atoms with Crippen LogP contribution >= 0.6 is 27.5 Å². The third-order valence-corrected chi connectivity index (χ3v) is 3.90. The molecule has 0 bridgehead atoms. The maximum atomic E-state index is 13.6. The standard InChI is InChI=1S/C15H14BrClFN/c1-10(11-5-7-12(16)8-6-11)19-9-13-14(17)3-2-4-15(13)18/h2-8,10,19H,9H2,1H3/t10-/m0/s1. The molecule has 0 aliphatic carbocycles. The van der Waals surface area contributed by atoms with Crippen molar-refractivity contribution in [2.45, 2.75) is 19.5 Å². The minimum atomic E-state index is -0.275. The second-order valence-electron chi connectivity index (χ2n) is 4.35. The van der Waals surface area contributed by atoms with E-state index >= 15 is 0 Å². The first-order valence-corrected chi connectivity index (χ1v) is 7.17. The van der Waals surface area contributed by atoms with E-state index in [-0.39, 0.29) is 11.9 Å². The van der Waals surface area contributed by atoms with E-state index in [0.717, 1.165) is 10.0 Å². The molecule has 100 valence electrons. The molecule has 2 aromatic carbocycles. The highest BCUT2D eigenvalue weighted by Crippen LogP contribution is 2.21. The van der Waals surface area contributed by atoms with Crippen LogP contribution in [0.2, 0.25) is 5.02 Å². The number of hydrogen-bond donors (Lipinski definition) is 1. The number of hydrogen-bond acceptors (Lipinski definition) is 1. The van der Waals surface area contributed by atoms with Crippen LogP contribution in [-0.2, 0) is 6.54 Å². The second kappa shape index (κ2) is 6.51. The summed E-state index contributed by atoms with van der Waals surface area (Å²) in [5, 5.41) is 3.73. The Labute approximate surface area is 125 Å². The van der Waals surface area contributed by atoms with Crippen molar-refractivity contribution in [2.24, 2.45) is 0 Å². The maximum absolute atomic E-state index is 13.6. The minimum absolute atomic E-state index is 0.128. The van der Waals surface area contributed by atoms with E-state index in [0.29, 0.717) is 17.1 Å². The van der Waals surface area contributed by atoms with Gasteiger partial charge in [0.1, 0.15) is 5.82 Å². The van der Waals surface area contributed by atoms with Gasteiger partial charge in [-0.2, -0.15) is 0 Å².